The molecule has 0 saturated heterocycles. The van der Waals surface area contributed by atoms with E-state index < -0.39 is 11.6 Å². The van der Waals surface area contributed by atoms with Crippen molar-refractivity contribution in [3.05, 3.63) is 64.7 Å². The van der Waals surface area contributed by atoms with Gasteiger partial charge in [-0.15, -0.1) is 0 Å². The Bertz CT molecular complexity index is 628. The van der Waals surface area contributed by atoms with E-state index in [9.17, 15) is 8.78 Å². The van der Waals surface area contributed by atoms with E-state index in [1.165, 1.54) is 6.07 Å². The van der Waals surface area contributed by atoms with Gasteiger partial charge in [0, 0.05) is 6.04 Å². The predicted octanol–water partition coefficient (Wildman–Crippen LogP) is 3.79. The van der Waals surface area contributed by atoms with Crippen LogP contribution in [0.5, 0.6) is 5.75 Å². The number of ether oxygens (including phenoxy) is 1. The molecule has 0 heterocycles. The largest absolute Gasteiger partial charge is 0.496 e. The number of halogens is 2. The van der Waals surface area contributed by atoms with E-state index in [1.807, 2.05) is 25.1 Å². The van der Waals surface area contributed by atoms with Gasteiger partial charge in [0.15, 0.2) is 0 Å². The zero-order valence-corrected chi connectivity index (χ0v) is 12.4. The number of hydrogen-bond acceptors (Lipinski definition) is 2. The molecule has 0 radical (unpaired) electrons. The van der Waals surface area contributed by atoms with Crippen LogP contribution in [-0.2, 0) is 6.42 Å². The molecule has 2 nitrogen and oxygen atoms in total. The maximum atomic E-state index is 13.8. The van der Waals surface area contributed by atoms with Gasteiger partial charge in [-0.25, -0.2) is 8.78 Å². The van der Waals surface area contributed by atoms with E-state index in [1.54, 1.807) is 14.2 Å². The Balaban J connectivity index is 2.29. The van der Waals surface area contributed by atoms with Gasteiger partial charge in [0.25, 0.3) is 0 Å². The SMILES string of the molecule is CNC(Cc1cc(F)ccc1F)c1ccc(C)c(OC)c1. The molecule has 2 aromatic carbocycles. The van der Waals surface area contributed by atoms with Crippen LogP contribution in [0.3, 0.4) is 0 Å². The van der Waals surface area contributed by atoms with Crippen LogP contribution < -0.4 is 10.1 Å². The zero-order valence-electron chi connectivity index (χ0n) is 12.4. The van der Waals surface area contributed by atoms with Gasteiger partial charge in [-0.1, -0.05) is 12.1 Å². The Morgan fingerprint density at radius 3 is 2.57 bits per heavy atom. The Morgan fingerprint density at radius 1 is 1.14 bits per heavy atom. The van der Waals surface area contributed by atoms with Crippen LogP contribution in [0.25, 0.3) is 0 Å². The number of hydrogen-bond donors (Lipinski definition) is 1. The maximum Gasteiger partial charge on any atom is 0.126 e. The van der Waals surface area contributed by atoms with Crippen molar-refractivity contribution in [3.8, 4) is 5.75 Å². The summed E-state index contributed by atoms with van der Waals surface area (Å²) in [5.74, 6) is -0.0362. The second kappa shape index (κ2) is 6.68. The van der Waals surface area contributed by atoms with E-state index in [0.717, 1.165) is 29.0 Å². The van der Waals surface area contributed by atoms with Gasteiger partial charge in [0.1, 0.15) is 17.4 Å². The summed E-state index contributed by atoms with van der Waals surface area (Å²) in [5, 5.41) is 3.14. The first-order valence-corrected chi connectivity index (χ1v) is 6.81. The Labute approximate surface area is 123 Å². The molecule has 4 heteroatoms. The van der Waals surface area contributed by atoms with E-state index in [4.69, 9.17) is 4.74 Å². The van der Waals surface area contributed by atoms with Gasteiger partial charge >= 0.3 is 0 Å². The highest BCUT2D eigenvalue weighted by Gasteiger charge is 2.15. The number of likely N-dealkylation sites (N-methyl/N-ethyl adjacent to an activating group) is 1. The summed E-state index contributed by atoms with van der Waals surface area (Å²) in [5.41, 5.74) is 2.37. The maximum absolute atomic E-state index is 13.8. The molecule has 2 aromatic rings. The van der Waals surface area contributed by atoms with Gasteiger partial charge in [0.2, 0.25) is 0 Å². The summed E-state index contributed by atoms with van der Waals surface area (Å²) in [6, 6.07) is 9.26. The summed E-state index contributed by atoms with van der Waals surface area (Å²) < 4.78 is 32.4. The van der Waals surface area contributed by atoms with Gasteiger partial charge < -0.3 is 10.1 Å². The standard InChI is InChI=1S/C17H19F2NO/c1-11-4-5-12(10-17(11)21-3)16(20-2)9-13-8-14(18)6-7-15(13)19/h4-8,10,16,20H,9H2,1-3H3. The first kappa shape index (κ1) is 15.4. The quantitative estimate of drug-likeness (QED) is 0.905. The third-order valence-electron chi connectivity index (χ3n) is 3.61. The Hall–Kier alpha value is -1.94. The molecule has 112 valence electrons. The summed E-state index contributed by atoms with van der Waals surface area (Å²) in [6.07, 6.45) is 0.367. The van der Waals surface area contributed by atoms with Crippen LogP contribution in [0.4, 0.5) is 8.78 Å². The van der Waals surface area contributed by atoms with Crippen LogP contribution in [-0.4, -0.2) is 14.2 Å². The highest BCUT2D eigenvalue weighted by Crippen LogP contribution is 2.26. The molecule has 0 aliphatic carbocycles. The van der Waals surface area contributed by atoms with Crippen LogP contribution in [0.2, 0.25) is 0 Å². The summed E-state index contributed by atoms with van der Waals surface area (Å²) in [4.78, 5) is 0. The van der Waals surface area contributed by atoms with E-state index in [0.29, 0.717) is 12.0 Å². The minimum atomic E-state index is -0.428. The first-order valence-electron chi connectivity index (χ1n) is 6.81. The molecule has 0 aliphatic heterocycles. The van der Waals surface area contributed by atoms with Gasteiger partial charge in [-0.05, 0) is 61.3 Å². The Kier molecular flexibility index (Phi) is 4.91. The third kappa shape index (κ3) is 3.58. The first-order chi connectivity index (χ1) is 10.0. The lowest BCUT2D eigenvalue weighted by Crippen LogP contribution is -2.19. The minimum Gasteiger partial charge on any atom is -0.496 e. The molecule has 0 amide bonds. The molecular weight excluding hydrogens is 272 g/mol. The number of aryl methyl sites for hydroxylation is 1. The molecule has 1 unspecified atom stereocenters. The van der Waals surface area contributed by atoms with Crippen molar-refractivity contribution in [1.29, 1.82) is 0 Å². The molecule has 1 atom stereocenters. The third-order valence-corrected chi connectivity index (χ3v) is 3.61. The normalized spacial score (nSPS) is 12.2. The van der Waals surface area contributed by atoms with Crippen molar-refractivity contribution < 1.29 is 13.5 Å². The van der Waals surface area contributed by atoms with Crippen molar-refractivity contribution in [2.45, 2.75) is 19.4 Å². The zero-order chi connectivity index (χ0) is 15.4. The summed E-state index contributed by atoms with van der Waals surface area (Å²) in [6.45, 7) is 1.96. The second-order valence-corrected chi connectivity index (χ2v) is 5.01. The van der Waals surface area contributed by atoms with Crippen LogP contribution in [0, 0.1) is 18.6 Å². The van der Waals surface area contributed by atoms with Crippen LogP contribution >= 0.6 is 0 Å². The smallest absolute Gasteiger partial charge is 0.126 e. The molecular formula is C17H19F2NO. The van der Waals surface area contributed by atoms with Crippen LogP contribution in [0.1, 0.15) is 22.7 Å². The fraction of sp³-hybridized carbons (Fsp3) is 0.294. The average molecular weight is 291 g/mol. The lowest BCUT2D eigenvalue weighted by molar-refractivity contribution is 0.410. The van der Waals surface area contributed by atoms with Crippen LogP contribution in [0.15, 0.2) is 36.4 Å². The molecule has 21 heavy (non-hydrogen) atoms. The Morgan fingerprint density at radius 2 is 1.90 bits per heavy atom. The number of rotatable bonds is 5. The molecule has 0 aliphatic rings. The van der Waals surface area contributed by atoms with Gasteiger partial charge in [-0.3, -0.25) is 0 Å². The van der Waals surface area contributed by atoms with Gasteiger partial charge in [0.05, 0.1) is 7.11 Å². The molecule has 0 spiro atoms. The van der Waals surface area contributed by atoms with Crippen molar-refractivity contribution >= 4 is 0 Å². The van der Waals surface area contributed by atoms with Crippen molar-refractivity contribution in [2.75, 3.05) is 14.2 Å². The van der Waals surface area contributed by atoms with Crippen molar-refractivity contribution in [1.82, 2.24) is 5.32 Å². The molecule has 0 bridgehead atoms. The highest BCUT2D eigenvalue weighted by atomic mass is 19.1. The summed E-state index contributed by atoms with van der Waals surface area (Å²) in [7, 11) is 3.42. The fourth-order valence-electron chi connectivity index (χ4n) is 2.36. The molecule has 0 saturated carbocycles. The fourth-order valence-corrected chi connectivity index (χ4v) is 2.36. The summed E-state index contributed by atoms with van der Waals surface area (Å²) >= 11 is 0. The van der Waals surface area contributed by atoms with E-state index >= 15 is 0 Å². The average Bonchev–Trinajstić information content (AvgIpc) is 2.49. The lowest BCUT2D eigenvalue weighted by atomic mass is 9.97. The minimum absolute atomic E-state index is 0.115. The molecule has 2 rings (SSSR count). The molecule has 0 aromatic heterocycles. The monoisotopic (exact) mass is 291 g/mol. The van der Waals surface area contributed by atoms with Crippen molar-refractivity contribution in [3.63, 3.8) is 0 Å². The lowest BCUT2D eigenvalue weighted by Gasteiger charge is -2.18. The number of benzene rings is 2. The number of methoxy groups -OCH3 is 1. The predicted molar refractivity (Wildman–Crippen MR) is 79.6 cm³/mol. The van der Waals surface area contributed by atoms with Crippen molar-refractivity contribution in [2.24, 2.45) is 0 Å². The second-order valence-electron chi connectivity index (χ2n) is 5.01. The number of nitrogens with one attached hydrogen (secondary N) is 1. The topological polar surface area (TPSA) is 21.3 Å². The molecule has 1 N–H and O–H groups in total. The van der Waals surface area contributed by atoms with E-state index in [-0.39, 0.29) is 6.04 Å². The highest BCUT2D eigenvalue weighted by molar-refractivity contribution is 5.38. The van der Waals surface area contributed by atoms with E-state index in [2.05, 4.69) is 5.32 Å². The molecule has 0 fully saturated rings. The van der Waals surface area contributed by atoms with Gasteiger partial charge in [-0.2, -0.15) is 0 Å².